The van der Waals surface area contributed by atoms with Gasteiger partial charge in [0.25, 0.3) is 0 Å². The monoisotopic (exact) mass is 206 g/mol. The van der Waals surface area contributed by atoms with E-state index in [2.05, 4.69) is 9.05 Å². The molecule has 72 valence electrons. The molecule has 13 heavy (non-hydrogen) atoms. The molecule has 1 aromatic rings. The molecule has 0 N–H and O–H groups in total. The molecular formula is C8H9F2O2P. The fraction of sp³-hybridized carbons (Fsp3) is 0.250. The predicted molar refractivity (Wildman–Crippen MR) is 47.1 cm³/mol. The quantitative estimate of drug-likeness (QED) is 0.657. The average molecular weight is 206 g/mol. The molecule has 2 nitrogen and oxygen atoms in total. The minimum atomic E-state index is -5.43. The van der Waals surface area contributed by atoms with Gasteiger partial charge >= 0.3 is 74.0 Å². The molecule has 1 fully saturated rings. The van der Waals surface area contributed by atoms with Gasteiger partial charge in [-0.3, -0.25) is 0 Å². The molecule has 1 heterocycles. The first-order chi connectivity index (χ1) is 6.10. The summed E-state index contributed by atoms with van der Waals surface area (Å²) in [6.45, 7) is -0.0561. The zero-order valence-electron chi connectivity index (χ0n) is 6.82. The van der Waals surface area contributed by atoms with E-state index >= 15 is 0 Å². The van der Waals surface area contributed by atoms with Crippen LogP contribution in [0.4, 0.5) is 8.39 Å². The Balaban J connectivity index is 2.44. The van der Waals surface area contributed by atoms with Gasteiger partial charge in [0.2, 0.25) is 0 Å². The van der Waals surface area contributed by atoms with Crippen LogP contribution in [-0.4, -0.2) is 13.2 Å². The van der Waals surface area contributed by atoms with Crippen LogP contribution in [0, 0.1) is 0 Å². The summed E-state index contributed by atoms with van der Waals surface area (Å²) in [5, 5.41) is -0.133. The molecule has 1 saturated heterocycles. The van der Waals surface area contributed by atoms with Crippen LogP contribution < -0.4 is 5.30 Å². The molecule has 0 radical (unpaired) electrons. The number of halogens is 2. The molecule has 5 heteroatoms. The third kappa shape index (κ3) is 1.46. The van der Waals surface area contributed by atoms with E-state index < -0.39 is 7.68 Å². The van der Waals surface area contributed by atoms with Gasteiger partial charge in [0.15, 0.2) is 0 Å². The summed E-state index contributed by atoms with van der Waals surface area (Å²) in [6.07, 6.45) is 0. The minimum absolute atomic E-state index is 0.0281. The molecule has 0 aliphatic carbocycles. The van der Waals surface area contributed by atoms with Gasteiger partial charge < -0.3 is 0 Å². The molecule has 1 aliphatic heterocycles. The van der Waals surface area contributed by atoms with E-state index in [1.807, 2.05) is 0 Å². The molecule has 1 aliphatic rings. The van der Waals surface area contributed by atoms with Crippen molar-refractivity contribution in [3.63, 3.8) is 0 Å². The number of benzene rings is 1. The van der Waals surface area contributed by atoms with Crippen molar-refractivity contribution in [1.29, 1.82) is 0 Å². The van der Waals surface area contributed by atoms with Crippen molar-refractivity contribution in [1.82, 2.24) is 0 Å². The summed E-state index contributed by atoms with van der Waals surface area (Å²) < 4.78 is 36.5. The Morgan fingerprint density at radius 3 is 2.08 bits per heavy atom. The van der Waals surface area contributed by atoms with Gasteiger partial charge in [0.1, 0.15) is 0 Å². The molecule has 1 aromatic carbocycles. The topological polar surface area (TPSA) is 18.5 Å². The van der Waals surface area contributed by atoms with Gasteiger partial charge in [0, 0.05) is 0 Å². The first-order valence-electron chi connectivity index (χ1n) is 3.91. The Morgan fingerprint density at radius 1 is 1.00 bits per heavy atom. The van der Waals surface area contributed by atoms with E-state index in [0.29, 0.717) is 0 Å². The predicted octanol–water partition coefficient (Wildman–Crippen LogP) is 2.51. The number of hydrogen-bond donors (Lipinski definition) is 0. The number of hydrogen-bond acceptors (Lipinski definition) is 2. The Morgan fingerprint density at radius 2 is 1.54 bits per heavy atom. The van der Waals surface area contributed by atoms with Crippen LogP contribution in [0.15, 0.2) is 30.3 Å². The van der Waals surface area contributed by atoms with Gasteiger partial charge in [-0.15, -0.1) is 0 Å². The standard InChI is InChI=1S/C8H9F2O2P/c9-13(10,11-6-7-12-13)8-4-2-1-3-5-8/h1-5H,6-7H2. The van der Waals surface area contributed by atoms with E-state index in [0.717, 1.165) is 0 Å². The Hall–Kier alpha value is -0.570. The SMILES string of the molecule is FP1(F)(c2ccccc2)OCCO1. The summed E-state index contributed by atoms with van der Waals surface area (Å²) >= 11 is 0. The van der Waals surface area contributed by atoms with Crippen molar-refractivity contribution >= 4 is 13.0 Å². The van der Waals surface area contributed by atoms with Gasteiger partial charge in [-0.1, -0.05) is 0 Å². The first-order valence-corrected chi connectivity index (χ1v) is 5.77. The van der Waals surface area contributed by atoms with Crippen LogP contribution in [-0.2, 0) is 9.05 Å². The second kappa shape index (κ2) is 2.71. The van der Waals surface area contributed by atoms with Crippen LogP contribution in [0.3, 0.4) is 0 Å². The molecule has 0 aromatic heterocycles. The van der Waals surface area contributed by atoms with Crippen molar-refractivity contribution in [3.8, 4) is 0 Å². The van der Waals surface area contributed by atoms with Crippen molar-refractivity contribution in [3.05, 3.63) is 30.3 Å². The van der Waals surface area contributed by atoms with Gasteiger partial charge in [-0.05, 0) is 0 Å². The molecule has 0 amide bonds. The summed E-state index contributed by atoms with van der Waals surface area (Å²) in [5.41, 5.74) is 0. The van der Waals surface area contributed by atoms with E-state index in [4.69, 9.17) is 0 Å². The molecule has 0 atom stereocenters. The zero-order valence-corrected chi connectivity index (χ0v) is 7.72. The third-order valence-corrected chi connectivity index (χ3v) is 4.19. The summed E-state index contributed by atoms with van der Waals surface area (Å²) in [6, 6.07) is 7.45. The van der Waals surface area contributed by atoms with Crippen molar-refractivity contribution < 1.29 is 17.4 Å². The van der Waals surface area contributed by atoms with Crippen molar-refractivity contribution in [2.75, 3.05) is 13.2 Å². The maximum atomic E-state index is 13.8. The van der Waals surface area contributed by atoms with E-state index in [1.54, 1.807) is 18.2 Å². The maximum absolute atomic E-state index is 13.8. The van der Waals surface area contributed by atoms with E-state index in [1.165, 1.54) is 12.1 Å². The second-order valence-corrected chi connectivity index (χ2v) is 5.33. The fourth-order valence-corrected chi connectivity index (χ4v) is 3.00. The van der Waals surface area contributed by atoms with E-state index in [9.17, 15) is 8.39 Å². The average Bonchev–Trinajstić information content (AvgIpc) is 2.51. The first kappa shape index (κ1) is 9.00. The third-order valence-electron chi connectivity index (χ3n) is 1.86. The Bertz CT molecular complexity index is 305. The van der Waals surface area contributed by atoms with Crippen LogP contribution in [0.1, 0.15) is 0 Å². The molecule has 0 saturated carbocycles. The van der Waals surface area contributed by atoms with Crippen LogP contribution in [0.2, 0.25) is 0 Å². The molecule has 2 rings (SSSR count). The van der Waals surface area contributed by atoms with Crippen molar-refractivity contribution in [2.45, 2.75) is 0 Å². The van der Waals surface area contributed by atoms with Crippen LogP contribution >= 0.6 is 7.68 Å². The fourth-order valence-electron chi connectivity index (χ4n) is 1.23. The number of rotatable bonds is 1. The summed E-state index contributed by atoms with van der Waals surface area (Å²) in [7, 11) is -5.43. The van der Waals surface area contributed by atoms with Crippen molar-refractivity contribution in [2.24, 2.45) is 0 Å². The Labute approximate surface area is 74.8 Å². The molecular weight excluding hydrogens is 197 g/mol. The molecule has 0 unspecified atom stereocenters. The molecule has 0 spiro atoms. The molecule has 0 bridgehead atoms. The normalized spacial score (nSPS) is 27.7. The zero-order chi connectivity index (χ0) is 9.39. The summed E-state index contributed by atoms with van der Waals surface area (Å²) in [5.74, 6) is 0. The summed E-state index contributed by atoms with van der Waals surface area (Å²) in [4.78, 5) is 0. The van der Waals surface area contributed by atoms with Gasteiger partial charge in [-0.25, -0.2) is 0 Å². The Kier molecular flexibility index (Phi) is 1.88. The van der Waals surface area contributed by atoms with Gasteiger partial charge in [-0.2, -0.15) is 0 Å². The van der Waals surface area contributed by atoms with E-state index in [-0.39, 0.29) is 18.5 Å². The van der Waals surface area contributed by atoms with Crippen LogP contribution in [0.5, 0.6) is 0 Å². The second-order valence-electron chi connectivity index (χ2n) is 2.77. The van der Waals surface area contributed by atoms with Crippen LogP contribution in [0.25, 0.3) is 0 Å². The van der Waals surface area contributed by atoms with Gasteiger partial charge in [0.05, 0.1) is 0 Å².